The van der Waals surface area contributed by atoms with Gasteiger partial charge in [-0.1, -0.05) is 66.2 Å². The lowest BCUT2D eigenvalue weighted by molar-refractivity contribution is -0.384. The zero-order valence-electron chi connectivity index (χ0n) is 24.9. The number of allylic oxidation sites excluding steroid dienone is 2. The molecule has 0 N–H and O–H groups in total. The third kappa shape index (κ3) is 5.62. The van der Waals surface area contributed by atoms with Gasteiger partial charge in [0.25, 0.3) is 5.69 Å². The van der Waals surface area contributed by atoms with Gasteiger partial charge in [-0.15, -0.1) is 0 Å². The van der Waals surface area contributed by atoms with Crippen LogP contribution in [0.1, 0.15) is 46.5 Å². The number of pyridine rings is 1. The molecule has 232 valence electrons. The number of benzene rings is 3. The molecule has 0 saturated carbocycles. The van der Waals surface area contributed by atoms with E-state index < -0.39 is 23.3 Å². The number of non-ortho nitro benzene ring substituents is 1. The number of nitro benzene ring substituents is 1. The Balaban J connectivity index is 1.32. The minimum atomic E-state index is -0.761. The van der Waals surface area contributed by atoms with Crippen molar-refractivity contribution < 1.29 is 28.8 Å². The van der Waals surface area contributed by atoms with Gasteiger partial charge in [-0.05, 0) is 54.7 Å². The number of nitro groups is 1. The van der Waals surface area contributed by atoms with Crippen molar-refractivity contribution in [2.24, 2.45) is 17.8 Å². The van der Waals surface area contributed by atoms with Crippen LogP contribution in [-0.4, -0.2) is 40.1 Å². The SMILES string of the molecule is CCc1cc(Br)cc2c(C(=O)OCC(=O)c3cccc([N+](=O)[O-])c3)cc(-c3ccc(N4C(=O)C5CC=CC(C)C5C4=O)cc3)nc12. The van der Waals surface area contributed by atoms with E-state index in [9.17, 15) is 29.3 Å². The molecule has 2 amide bonds. The number of carbonyl (C=O) groups excluding carboxylic acids is 4. The average molecular weight is 683 g/mol. The van der Waals surface area contributed by atoms with Gasteiger partial charge >= 0.3 is 5.97 Å². The van der Waals surface area contributed by atoms with Gasteiger partial charge in [0.15, 0.2) is 6.61 Å². The first-order chi connectivity index (χ1) is 22.1. The Labute approximate surface area is 272 Å². The van der Waals surface area contributed by atoms with E-state index in [4.69, 9.17) is 9.72 Å². The molecule has 3 aromatic carbocycles. The highest BCUT2D eigenvalue weighted by molar-refractivity contribution is 9.10. The van der Waals surface area contributed by atoms with Crippen molar-refractivity contribution in [3.05, 3.63) is 110 Å². The van der Waals surface area contributed by atoms with Crippen molar-refractivity contribution in [2.75, 3.05) is 11.5 Å². The summed E-state index contributed by atoms with van der Waals surface area (Å²) >= 11 is 3.51. The third-order valence-corrected chi connectivity index (χ3v) is 9.02. The summed E-state index contributed by atoms with van der Waals surface area (Å²) in [5.74, 6) is -2.51. The average Bonchev–Trinajstić information content (AvgIpc) is 3.32. The number of fused-ring (bicyclic) bond motifs is 2. The molecule has 4 aromatic rings. The van der Waals surface area contributed by atoms with Crippen molar-refractivity contribution in [3.63, 3.8) is 0 Å². The van der Waals surface area contributed by atoms with Crippen molar-refractivity contribution in [1.29, 1.82) is 0 Å². The predicted molar refractivity (Wildman–Crippen MR) is 174 cm³/mol. The molecule has 1 aliphatic heterocycles. The lowest BCUT2D eigenvalue weighted by Gasteiger charge is -2.22. The summed E-state index contributed by atoms with van der Waals surface area (Å²) in [6, 6.07) is 17.4. The van der Waals surface area contributed by atoms with Crippen LogP contribution in [0.2, 0.25) is 0 Å². The van der Waals surface area contributed by atoms with E-state index >= 15 is 0 Å². The largest absolute Gasteiger partial charge is 0.454 e. The molecule has 2 heterocycles. The molecule has 1 aromatic heterocycles. The fourth-order valence-electron chi connectivity index (χ4n) is 6.21. The Morgan fingerprint density at radius 3 is 2.52 bits per heavy atom. The summed E-state index contributed by atoms with van der Waals surface area (Å²) in [6.45, 7) is 3.31. The van der Waals surface area contributed by atoms with Crippen LogP contribution in [0.3, 0.4) is 0 Å². The molecule has 0 radical (unpaired) electrons. The van der Waals surface area contributed by atoms with Gasteiger partial charge in [-0.3, -0.25) is 29.4 Å². The van der Waals surface area contributed by atoms with Crippen LogP contribution in [0.4, 0.5) is 11.4 Å². The molecule has 1 aliphatic carbocycles. The number of Topliss-reactive ketones (excluding diaryl/α,β-unsaturated/α-hetero) is 1. The summed E-state index contributed by atoms with van der Waals surface area (Å²) in [7, 11) is 0. The Bertz CT molecular complexity index is 1970. The second-order valence-corrected chi connectivity index (χ2v) is 12.3. The second kappa shape index (κ2) is 12.4. The monoisotopic (exact) mass is 681 g/mol. The smallest absolute Gasteiger partial charge is 0.339 e. The maximum atomic E-state index is 13.5. The molecule has 0 spiro atoms. The summed E-state index contributed by atoms with van der Waals surface area (Å²) in [5, 5.41) is 11.6. The number of nitrogens with zero attached hydrogens (tertiary/aromatic N) is 3. The zero-order valence-corrected chi connectivity index (χ0v) is 26.5. The number of hydrogen-bond donors (Lipinski definition) is 0. The molecular formula is C35H28BrN3O7. The van der Waals surface area contributed by atoms with E-state index in [1.54, 1.807) is 36.4 Å². The molecule has 1 fully saturated rings. The first-order valence-electron chi connectivity index (χ1n) is 14.8. The second-order valence-electron chi connectivity index (χ2n) is 11.4. The van der Waals surface area contributed by atoms with Crippen LogP contribution >= 0.6 is 15.9 Å². The van der Waals surface area contributed by atoms with E-state index in [-0.39, 0.29) is 46.4 Å². The minimum Gasteiger partial charge on any atom is -0.454 e. The molecule has 10 nitrogen and oxygen atoms in total. The van der Waals surface area contributed by atoms with Gasteiger partial charge in [0, 0.05) is 33.1 Å². The number of aromatic nitrogens is 1. The normalized spacial score (nSPS) is 18.9. The predicted octanol–water partition coefficient (Wildman–Crippen LogP) is 6.88. The summed E-state index contributed by atoms with van der Waals surface area (Å²) in [5.41, 5.74) is 3.03. The Morgan fingerprint density at radius 1 is 1.07 bits per heavy atom. The van der Waals surface area contributed by atoms with Gasteiger partial charge < -0.3 is 4.74 Å². The van der Waals surface area contributed by atoms with Crippen LogP contribution in [0.25, 0.3) is 22.2 Å². The Hall–Kier alpha value is -5.03. The molecule has 1 saturated heterocycles. The van der Waals surface area contributed by atoms with Gasteiger partial charge in [0.1, 0.15) is 0 Å². The van der Waals surface area contributed by atoms with Crippen molar-refractivity contribution >= 4 is 61.8 Å². The number of carbonyl (C=O) groups is 4. The van der Waals surface area contributed by atoms with Crippen molar-refractivity contribution in [1.82, 2.24) is 4.98 Å². The maximum absolute atomic E-state index is 13.5. The van der Waals surface area contributed by atoms with Gasteiger partial charge in [0.2, 0.25) is 17.6 Å². The number of halogens is 1. The summed E-state index contributed by atoms with van der Waals surface area (Å²) in [4.78, 5) is 69.4. The molecule has 6 rings (SSSR count). The number of ketones is 1. The quantitative estimate of drug-likeness (QED) is 0.0490. The molecule has 46 heavy (non-hydrogen) atoms. The van der Waals surface area contributed by atoms with Crippen molar-refractivity contribution in [2.45, 2.75) is 26.7 Å². The fraction of sp³-hybridized carbons (Fsp3) is 0.229. The number of imide groups is 1. The zero-order chi connectivity index (χ0) is 32.7. The van der Waals surface area contributed by atoms with Crippen LogP contribution in [0, 0.1) is 27.9 Å². The highest BCUT2D eigenvalue weighted by Gasteiger charge is 2.50. The number of esters is 1. The summed E-state index contributed by atoms with van der Waals surface area (Å²) in [6.07, 6.45) is 5.12. The highest BCUT2D eigenvalue weighted by atomic mass is 79.9. The lowest BCUT2D eigenvalue weighted by atomic mass is 9.78. The van der Waals surface area contributed by atoms with Gasteiger partial charge in [-0.2, -0.15) is 0 Å². The topological polar surface area (TPSA) is 137 Å². The van der Waals surface area contributed by atoms with Gasteiger partial charge in [-0.25, -0.2) is 9.78 Å². The molecule has 11 heteroatoms. The van der Waals surface area contributed by atoms with Gasteiger partial charge in [0.05, 0.1) is 39.2 Å². The molecule has 3 unspecified atom stereocenters. The molecular weight excluding hydrogens is 654 g/mol. The van der Waals surface area contributed by atoms with E-state index in [2.05, 4.69) is 15.9 Å². The van der Waals surface area contributed by atoms with E-state index in [0.717, 1.165) is 16.1 Å². The third-order valence-electron chi connectivity index (χ3n) is 8.57. The van der Waals surface area contributed by atoms with E-state index in [0.29, 0.717) is 40.7 Å². The first-order valence-corrected chi connectivity index (χ1v) is 15.6. The number of hydrogen-bond acceptors (Lipinski definition) is 8. The fourth-order valence-corrected chi connectivity index (χ4v) is 6.72. The van der Waals surface area contributed by atoms with Crippen molar-refractivity contribution in [3.8, 4) is 11.3 Å². The number of anilines is 1. The number of ether oxygens (including phenoxy) is 1. The Morgan fingerprint density at radius 2 is 1.83 bits per heavy atom. The standard InChI is InChI=1S/C35H28BrN3O7/c1-3-20-14-23(36)16-27-28(35(43)46-18-30(40)22-7-5-8-25(15-22)39(44)45)17-29(37-32(20)27)21-10-12-24(13-11-21)38-33(41)26-9-4-6-19(2)31(26)34(38)42/h4-8,10-17,19,26,31H,3,9,18H2,1-2H3. The Kier molecular flexibility index (Phi) is 8.35. The van der Waals surface area contributed by atoms with Crippen LogP contribution in [0.5, 0.6) is 0 Å². The van der Waals surface area contributed by atoms with Crippen LogP contribution in [0.15, 0.2) is 83.4 Å². The van der Waals surface area contributed by atoms with Crippen LogP contribution < -0.4 is 4.90 Å². The maximum Gasteiger partial charge on any atom is 0.339 e. The van der Waals surface area contributed by atoms with E-state index in [1.165, 1.54) is 23.1 Å². The number of rotatable bonds is 8. The first kappa shape index (κ1) is 31.0. The molecule has 3 atom stereocenters. The minimum absolute atomic E-state index is 0.0197. The van der Waals surface area contributed by atoms with E-state index in [1.807, 2.05) is 32.1 Å². The summed E-state index contributed by atoms with van der Waals surface area (Å²) < 4.78 is 6.17. The highest BCUT2D eigenvalue weighted by Crippen LogP contribution is 2.41. The number of aryl methyl sites for hydroxylation is 1. The molecule has 0 bridgehead atoms. The van der Waals surface area contributed by atoms with Crippen LogP contribution in [-0.2, 0) is 20.7 Å². The molecule has 2 aliphatic rings. The number of amides is 2. The lowest BCUT2D eigenvalue weighted by Crippen LogP contribution is -2.31.